The summed E-state index contributed by atoms with van der Waals surface area (Å²) in [6.07, 6.45) is 4.59. The van der Waals surface area contributed by atoms with E-state index in [9.17, 15) is 4.79 Å². The van der Waals surface area contributed by atoms with Gasteiger partial charge in [-0.2, -0.15) is 5.10 Å². The van der Waals surface area contributed by atoms with Gasteiger partial charge in [0.1, 0.15) is 10.0 Å². The van der Waals surface area contributed by atoms with Crippen molar-refractivity contribution >= 4 is 51.3 Å². The topological polar surface area (TPSA) is 60.5 Å². The second-order valence-electron chi connectivity index (χ2n) is 8.01. The monoisotopic (exact) mass is 489 g/mol. The lowest BCUT2D eigenvalue weighted by atomic mass is 10.1. The van der Waals surface area contributed by atoms with Crippen LogP contribution in [0.5, 0.6) is 5.75 Å². The first-order valence-corrected chi connectivity index (χ1v) is 12.2. The number of carbonyl (C=O) groups excluding carboxylic acids is 1. The van der Waals surface area contributed by atoms with Crippen LogP contribution in [-0.4, -0.2) is 38.1 Å². The van der Waals surface area contributed by atoms with Crippen molar-refractivity contribution in [3.8, 4) is 22.9 Å². The van der Waals surface area contributed by atoms with Crippen LogP contribution in [-0.2, 0) is 4.79 Å². The van der Waals surface area contributed by atoms with E-state index in [4.69, 9.17) is 26.5 Å². The van der Waals surface area contributed by atoms with E-state index in [-0.39, 0.29) is 11.9 Å². The molecule has 5 rings (SSSR count). The number of hydrogen-bond donors (Lipinski definition) is 0. The first kappa shape index (κ1) is 22.4. The average Bonchev–Trinajstić information content (AvgIpc) is 3.54. The Labute approximate surface area is 207 Å². The van der Waals surface area contributed by atoms with Gasteiger partial charge in [0.05, 0.1) is 17.7 Å². The normalized spacial score (nSPS) is 16.1. The molecule has 2 aromatic carbocycles. The van der Waals surface area contributed by atoms with Crippen molar-refractivity contribution in [2.75, 3.05) is 7.11 Å². The highest BCUT2D eigenvalue weighted by Crippen LogP contribution is 2.38. The summed E-state index contributed by atoms with van der Waals surface area (Å²) in [6.45, 7) is 4.05. The van der Waals surface area contributed by atoms with E-state index in [2.05, 4.69) is 0 Å². The maximum Gasteiger partial charge on any atom is 0.266 e. The summed E-state index contributed by atoms with van der Waals surface area (Å²) in [5.41, 5.74) is 2.97. The van der Waals surface area contributed by atoms with Crippen LogP contribution in [0.1, 0.15) is 25.8 Å². The first-order valence-electron chi connectivity index (χ1n) is 11.0. The van der Waals surface area contributed by atoms with Crippen LogP contribution in [0.15, 0.2) is 70.1 Å². The molecule has 1 fully saturated rings. The Bertz CT molecular complexity index is 1420. The van der Waals surface area contributed by atoms with Gasteiger partial charge in [-0.15, -0.1) is 0 Å². The van der Waals surface area contributed by atoms with Crippen molar-refractivity contribution in [1.29, 1.82) is 0 Å². The van der Waals surface area contributed by atoms with Gasteiger partial charge in [-0.1, -0.05) is 61.2 Å². The summed E-state index contributed by atoms with van der Waals surface area (Å²) < 4.78 is 14.0. The number of fused-ring (bicyclic) bond motifs is 1. The predicted octanol–water partition coefficient (Wildman–Crippen LogP) is 6.29. The number of thioether (sulfide) groups is 1. The number of carbonyl (C=O) groups is 1. The number of rotatable bonds is 6. The number of amides is 1. The van der Waals surface area contributed by atoms with Crippen LogP contribution in [0.2, 0.25) is 0 Å². The Hall–Kier alpha value is -3.36. The molecule has 1 amide bonds. The minimum Gasteiger partial charge on any atom is -0.493 e. The number of aromatic nitrogens is 2. The number of para-hydroxylation sites is 2. The SMILES string of the molecule is CCC(C)N1C(=O)C(=Cc2cn(-c3ccccc3)nc2-c2cc3cccc(OC)c3o2)SC1=S. The molecule has 2 aromatic heterocycles. The Balaban J connectivity index is 1.64. The predicted molar refractivity (Wildman–Crippen MR) is 140 cm³/mol. The van der Waals surface area contributed by atoms with Crippen LogP contribution < -0.4 is 4.74 Å². The summed E-state index contributed by atoms with van der Waals surface area (Å²) in [5, 5.41) is 5.74. The molecular weight excluding hydrogens is 466 g/mol. The fourth-order valence-electron chi connectivity index (χ4n) is 3.89. The second kappa shape index (κ2) is 9.12. The summed E-state index contributed by atoms with van der Waals surface area (Å²) in [5.74, 6) is 1.18. The van der Waals surface area contributed by atoms with Gasteiger partial charge in [0, 0.05) is 23.2 Å². The number of methoxy groups -OCH3 is 1. The molecule has 0 bridgehead atoms. The van der Waals surface area contributed by atoms with Gasteiger partial charge in [-0.05, 0) is 43.7 Å². The van der Waals surface area contributed by atoms with Crippen LogP contribution in [0.3, 0.4) is 0 Å². The number of hydrogen-bond acceptors (Lipinski definition) is 6. The summed E-state index contributed by atoms with van der Waals surface area (Å²) in [4.78, 5) is 15.4. The van der Waals surface area contributed by atoms with Crippen molar-refractivity contribution in [2.24, 2.45) is 0 Å². The fourth-order valence-corrected chi connectivity index (χ4v) is 5.35. The van der Waals surface area contributed by atoms with Gasteiger partial charge in [0.15, 0.2) is 17.1 Å². The molecule has 172 valence electrons. The molecule has 34 heavy (non-hydrogen) atoms. The highest BCUT2D eigenvalue weighted by atomic mass is 32.2. The highest BCUT2D eigenvalue weighted by Gasteiger charge is 2.35. The molecular formula is C26H23N3O3S2. The Kier molecular flexibility index (Phi) is 6.02. The van der Waals surface area contributed by atoms with Crippen molar-refractivity contribution in [3.05, 3.63) is 71.3 Å². The third-order valence-corrected chi connectivity index (χ3v) is 7.20. The molecule has 0 spiro atoms. The quantitative estimate of drug-likeness (QED) is 0.234. The molecule has 1 aliphatic heterocycles. The van der Waals surface area contributed by atoms with Gasteiger partial charge in [0.25, 0.3) is 5.91 Å². The number of nitrogens with zero attached hydrogens (tertiary/aromatic N) is 3. The van der Waals surface area contributed by atoms with Crippen molar-refractivity contribution < 1.29 is 13.9 Å². The standard InChI is InChI=1S/C26H23N3O3S2/c1-4-16(2)29-25(30)22(34-26(29)33)14-18-15-28(19-10-6-5-7-11-19)27-23(18)21-13-17-9-8-12-20(31-3)24(17)32-21/h5-16H,4H2,1-3H3. The van der Waals surface area contributed by atoms with Gasteiger partial charge < -0.3 is 9.15 Å². The Morgan fingerprint density at radius 3 is 2.74 bits per heavy atom. The molecule has 1 aliphatic rings. The largest absolute Gasteiger partial charge is 0.493 e. The van der Waals surface area contributed by atoms with Crippen LogP contribution in [0.4, 0.5) is 0 Å². The maximum atomic E-state index is 13.2. The van der Waals surface area contributed by atoms with Crippen LogP contribution >= 0.6 is 24.0 Å². The second-order valence-corrected chi connectivity index (χ2v) is 9.69. The first-order chi connectivity index (χ1) is 16.5. The van der Waals surface area contributed by atoms with Crippen molar-refractivity contribution in [3.63, 3.8) is 0 Å². The van der Waals surface area contributed by atoms with Gasteiger partial charge in [-0.25, -0.2) is 4.68 Å². The third kappa shape index (κ3) is 3.93. The fraction of sp³-hybridized carbons (Fsp3) is 0.192. The van der Waals surface area contributed by atoms with E-state index in [0.717, 1.165) is 23.1 Å². The number of thiocarbonyl (C=S) groups is 1. The minimum atomic E-state index is -0.0750. The van der Waals surface area contributed by atoms with Gasteiger partial charge in [-0.3, -0.25) is 9.69 Å². The Morgan fingerprint density at radius 2 is 2.00 bits per heavy atom. The highest BCUT2D eigenvalue weighted by molar-refractivity contribution is 8.26. The van der Waals surface area contributed by atoms with E-state index in [1.54, 1.807) is 16.7 Å². The van der Waals surface area contributed by atoms with Crippen LogP contribution in [0.25, 0.3) is 34.2 Å². The molecule has 6 nitrogen and oxygen atoms in total. The molecule has 3 heterocycles. The summed E-state index contributed by atoms with van der Waals surface area (Å²) in [6, 6.07) is 17.6. The summed E-state index contributed by atoms with van der Waals surface area (Å²) in [7, 11) is 1.62. The van der Waals surface area contributed by atoms with E-state index in [1.165, 1.54) is 11.8 Å². The van der Waals surface area contributed by atoms with Crippen molar-refractivity contribution in [2.45, 2.75) is 26.3 Å². The molecule has 1 atom stereocenters. The molecule has 0 aliphatic carbocycles. The lowest BCUT2D eigenvalue weighted by molar-refractivity contribution is -0.123. The van der Waals surface area contributed by atoms with Gasteiger partial charge >= 0.3 is 0 Å². The molecule has 1 saturated heterocycles. The molecule has 0 radical (unpaired) electrons. The van der Waals surface area contributed by atoms with E-state index in [0.29, 0.717) is 32.0 Å². The third-order valence-electron chi connectivity index (χ3n) is 5.87. The minimum absolute atomic E-state index is 0.0488. The number of ether oxygens (including phenoxy) is 1. The maximum absolute atomic E-state index is 13.2. The molecule has 4 aromatic rings. The zero-order valence-electron chi connectivity index (χ0n) is 19.0. The summed E-state index contributed by atoms with van der Waals surface area (Å²) >= 11 is 6.83. The van der Waals surface area contributed by atoms with Crippen molar-refractivity contribution in [1.82, 2.24) is 14.7 Å². The van der Waals surface area contributed by atoms with E-state index < -0.39 is 0 Å². The molecule has 8 heteroatoms. The zero-order valence-corrected chi connectivity index (χ0v) is 20.7. The smallest absolute Gasteiger partial charge is 0.266 e. The van der Waals surface area contributed by atoms with E-state index >= 15 is 0 Å². The number of furan rings is 1. The average molecular weight is 490 g/mol. The van der Waals surface area contributed by atoms with E-state index in [1.807, 2.05) is 80.7 Å². The molecule has 0 saturated carbocycles. The molecule has 0 N–H and O–H groups in total. The van der Waals surface area contributed by atoms with Gasteiger partial charge in [0.2, 0.25) is 0 Å². The Morgan fingerprint density at radius 1 is 1.21 bits per heavy atom. The lowest BCUT2D eigenvalue weighted by Gasteiger charge is -2.21. The van der Waals surface area contributed by atoms with Crippen LogP contribution in [0, 0.1) is 0 Å². The molecule has 1 unspecified atom stereocenters. The zero-order chi connectivity index (χ0) is 23.8. The lowest BCUT2D eigenvalue weighted by Crippen LogP contribution is -2.36. The number of benzene rings is 2.